The van der Waals surface area contributed by atoms with Gasteiger partial charge in [-0.2, -0.15) is 10.4 Å². The third-order valence-corrected chi connectivity index (χ3v) is 5.37. The fourth-order valence-corrected chi connectivity index (χ4v) is 3.80. The lowest BCUT2D eigenvalue weighted by Crippen LogP contribution is -2.18. The van der Waals surface area contributed by atoms with Gasteiger partial charge in [0.05, 0.1) is 24.1 Å². The number of hydrogen-bond donors (Lipinski definition) is 1. The summed E-state index contributed by atoms with van der Waals surface area (Å²) in [5.74, 6) is 0.525. The molecule has 3 rings (SSSR count). The van der Waals surface area contributed by atoms with Crippen LogP contribution in [0, 0.1) is 25.2 Å². The highest BCUT2D eigenvalue weighted by atomic mass is 35.5. The Balaban J connectivity index is 1.67. The maximum Gasteiger partial charge on any atom is 0.235 e. The number of thioether (sulfide) groups is 1. The first kappa shape index (κ1) is 19.9. The Labute approximate surface area is 172 Å². The Hall–Kier alpha value is -2.82. The summed E-state index contributed by atoms with van der Waals surface area (Å²) < 4.78 is 1.68. The Morgan fingerprint density at radius 3 is 2.86 bits per heavy atom. The highest BCUT2D eigenvalue weighted by molar-refractivity contribution is 8.00. The van der Waals surface area contributed by atoms with Crippen molar-refractivity contribution in [2.24, 2.45) is 0 Å². The molecule has 0 fully saturated rings. The van der Waals surface area contributed by atoms with E-state index >= 15 is 0 Å². The minimum absolute atomic E-state index is 0.141. The number of pyridine rings is 1. The molecular weight excluding hydrogens is 394 g/mol. The van der Waals surface area contributed by atoms with Crippen molar-refractivity contribution in [1.82, 2.24) is 14.8 Å². The van der Waals surface area contributed by atoms with E-state index in [9.17, 15) is 10.1 Å². The molecule has 1 amide bonds. The molecule has 0 radical (unpaired) electrons. The van der Waals surface area contributed by atoms with Gasteiger partial charge in [-0.05, 0) is 37.1 Å². The second-order valence-corrected chi connectivity index (χ2v) is 7.55. The second-order valence-electron chi connectivity index (χ2n) is 6.17. The van der Waals surface area contributed by atoms with Crippen molar-refractivity contribution in [3.8, 4) is 6.07 Å². The number of aromatic nitrogens is 3. The Morgan fingerprint density at radius 2 is 2.11 bits per heavy atom. The van der Waals surface area contributed by atoms with Crippen LogP contribution in [0.25, 0.3) is 0 Å². The minimum Gasteiger partial charge on any atom is -0.310 e. The number of halogens is 1. The topological polar surface area (TPSA) is 83.6 Å². The molecule has 28 heavy (non-hydrogen) atoms. The van der Waals surface area contributed by atoms with E-state index in [1.54, 1.807) is 16.9 Å². The monoisotopic (exact) mass is 411 g/mol. The smallest absolute Gasteiger partial charge is 0.235 e. The summed E-state index contributed by atoms with van der Waals surface area (Å²) in [5, 5.41) is 17.7. The van der Waals surface area contributed by atoms with Gasteiger partial charge in [0.15, 0.2) is 0 Å². The van der Waals surface area contributed by atoms with Crippen LogP contribution in [0.2, 0.25) is 5.02 Å². The molecule has 6 nitrogen and oxygen atoms in total. The van der Waals surface area contributed by atoms with Crippen LogP contribution in [-0.2, 0) is 11.3 Å². The molecule has 1 aromatic carbocycles. The van der Waals surface area contributed by atoms with E-state index in [0.717, 1.165) is 16.8 Å². The molecule has 2 heterocycles. The molecule has 0 unspecified atom stereocenters. The van der Waals surface area contributed by atoms with Crippen molar-refractivity contribution < 1.29 is 4.79 Å². The van der Waals surface area contributed by atoms with Gasteiger partial charge < -0.3 is 5.32 Å². The fraction of sp³-hybridized carbons (Fsp3) is 0.200. The summed E-state index contributed by atoms with van der Waals surface area (Å²) >= 11 is 7.45. The van der Waals surface area contributed by atoms with Crippen molar-refractivity contribution in [2.75, 3.05) is 11.1 Å². The average Bonchev–Trinajstić information content (AvgIpc) is 3.08. The lowest BCUT2D eigenvalue weighted by Gasteiger charge is -2.11. The SMILES string of the molecule is Cc1cc(C)c(C#N)c(SCC(=O)Nc2ccnn2Cc2ccccc2Cl)n1. The number of nitriles is 1. The summed E-state index contributed by atoms with van der Waals surface area (Å²) in [7, 11) is 0. The second kappa shape index (κ2) is 8.91. The number of rotatable bonds is 6. The molecule has 142 valence electrons. The first-order chi connectivity index (χ1) is 13.5. The van der Waals surface area contributed by atoms with Crippen molar-refractivity contribution in [2.45, 2.75) is 25.4 Å². The van der Waals surface area contributed by atoms with Crippen LogP contribution in [0.3, 0.4) is 0 Å². The summed E-state index contributed by atoms with van der Waals surface area (Å²) in [6.07, 6.45) is 1.62. The van der Waals surface area contributed by atoms with Gasteiger partial charge in [-0.15, -0.1) is 0 Å². The molecule has 3 aromatic rings. The summed E-state index contributed by atoms with van der Waals surface area (Å²) in [6.45, 7) is 4.18. The zero-order valence-corrected chi connectivity index (χ0v) is 17.0. The van der Waals surface area contributed by atoms with E-state index in [2.05, 4.69) is 21.5 Å². The van der Waals surface area contributed by atoms with Crippen LogP contribution < -0.4 is 5.32 Å². The molecule has 0 aliphatic rings. The van der Waals surface area contributed by atoms with E-state index in [1.807, 2.05) is 44.2 Å². The molecule has 0 spiro atoms. The third kappa shape index (κ3) is 4.71. The summed E-state index contributed by atoms with van der Waals surface area (Å²) in [4.78, 5) is 16.8. The van der Waals surface area contributed by atoms with Gasteiger partial charge >= 0.3 is 0 Å². The molecule has 2 aromatic heterocycles. The Kier molecular flexibility index (Phi) is 6.34. The first-order valence-electron chi connectivity index (χ1n) is 8.54. The molecule has 0 aliphatic heterocycles. The minimum atomic E-state index is -0.198. The molecule has 0 aliphatic carbocycles. The number of carbonyl (C=O) groups excluding carboxylic acids is 1. The van der Waals surface area contributed by atoms with Gasteiger partial charge in [0.1, 0.15) is 16.9 Å². The molecule has 8 heteroatoms. The van der Waals surface area contributed by atoms with Crippen molar-refractivity contribution in [3.63, 3.8) is 0 Å². The average molecular weight is 412 g/mol. The lowest BCUT2D eigenvalue weighted by atomic mass is 10.1. The third-order valence-electron chi connectivity index (χ3n) is 4.03. The van der Waals surface area contributed by atoms with Gasteiger partial charge in [0.2, 0.25) is 5.91 Å². The van der Waals surface area contributed by atoms with E-state index in [1.165, 1.54) is 11.8 Å². The molecule has 0 saturated carbocycles. The fourth-order valence-electron chi connectivity index (χ4n) is 2.71. The van der Waals surface area contributed by atoms with Crippen LogP contribution in [-0.4, -0.2) is 26.4 Å². The number of hydrogen-bond acceptors (Lipinski definition) is 5. The van der Waals surface area contributed by atoms with Crippen LogP contribution >= 0.6 is 23.4 Å². The predicted octanol–water partition coefficient (Wildman–Crippen LogP) is 4.20. The van der Waals surface area contributed by atoms with E-state index in [-0.39, 0.29) is 11.7 Å². The van der Waals surface area contributed by atoms with Gasteiger partial charge in [0, 0.05) is 16.8 Å². The van der Waals surface area contributed by atoms with Gasteiger partial charge in [-0.3, -0.25) is 4.79 Å². The van der Waals surface area contributed by atoms with E-state index in [0.29, 0.717) is 28.0 Å². The van der Waals surface area contributed by atoms with Crippen molar-refractivity contribution >= 4 is 35.1 Å². The number of aryl methyl sites for hydroxylation is 2. The highest BCUT2D eigenvalue weighted by Gasteiger charge is 2.13. The molecular formula is C20H18ClN5OS. The number of nitrogens with zero attached hydrogens (tertiary/aromatic N) is 4. The predicted molar refractivity (Wildman–Crippen MR) is 111 cm³/mol. The highest BCUT2D eigenvalue weighted by Crippen LogP contribution is 2.24. The quantitative estimate of drug-likeness (QED) is 0.614. The van der Waals surface area contributed by atoms with Gasteiger partial charge in [-0.1, -0.05) is 41.6 Å². The molecule has 0 atom stereocenters. The van der Waals surface area contributed by atoms with Crippen LogP contribution in [0.4, 0.5) is 5.82 Å². The maximum atomic E-state index is 12.4. The zero-order chi connectivity index (χ0) is 20.1. The Bertz CT molecular complexity index is 1060. The summed E-state index contributed by atoms with van der Waals surface area (Å²) in [5.41, 5.74) is 3.09. The van der Waals surface area contributed by atoms with Gasteiger partial charge in [0.25, 0.3) is 0 Å². The number of nitrogens with one attached hydrogen (secondary N) is 1. The number of carbonyl (C=O) groups is 1. The molecule has 0 bridgehead atoms. The lowest BCUT2D eigenvalue weighted by molar-refractivity contribution is -0.113. The van der Waals surface area contributed by atoms with Crippen LogP contribution in [0.1, 0.15) is 22.4 Å². The summed E-state index contributed by atoms with van der Waals surface area (Å²) in [6, 6.07) is 13.3. The Morgan fingerprint density at radius 1 is 1.32 bits per heavy atom. The molecule has 0 saturated heterocycles. The number of benzene rings is 1. The van der Waals surface area contributed by atoms with Crippen LogP contribution in [0.15, 0.2) is 47.6 Å². The van der Waals surface area contributed by atoms with Crippen molar-refractivity contribution in [3.05, 3.63) is 70.0 Å². The van der Waals surface area contributed by atoms with E-state index in [4.69, 9.17) is 11.6 Å². The van der Waals surface area contributed by atoms with Crippen molar-refractivity contribution in [1.29, 1.82) is 5.26 Å². The van der Waals surface area contributed by atoms with E-state index < -0.39 is 0 Å². The zero-order valence-electron chi connectivity index (χ0n) is 15.4. The standard InChI is InChI=1S/C20H18ClN5OS/c1-13-9-14(2)24-20(16(13)10-22)28-12-19(27)25-18-7-8-23-26(18)11-15-5-3-4-6-17(15)21/h3-9H,11-12H2,1-2H3,(H,25,27). The van der Waals surface area contributed by atoms with Crippen LogP contribution in [0.5, 0.6) is 0 Å². The first-order valence-corrected chi connectivity index (χ1v) is 9.90. The molecule has 1 N–H and O–H groups in total. The van der Waals surface area contributed by atoms with Gasteiger partial charge in [-0.25, -0.2) is 9.67 Å². The normalized spacial score (nSPS) is 10.5. The number of amides is 1. The maximum absolute atomic E-state index is 12.4. The number of anilines is 1. The largest absolute Gasteiger partial charge is 0.310 e.